The first kappa shape index (κ1) is 20.0. The van der Waals surface area contributed by atoms with Crippen molar-refractivity contribution in [2.75, 3.05) is 26.2 Å². The van der Waals surface area contributed by atoms with E-state index in [2.05, 4.69) is 34.9 Å². The Hall–Kier alpha value is -2.70. The van der Waals surface area contributed by atoms with Gasteiger partial charge in [0.1, 0.15) is 32.7 Å². The zero-order chi connectivity index (χ0) is 19.8. The summed E-state index contributed by atoms with van der Waals surface area (Å²) in [4.78, 5) is 27.2. The number of hydrogen-bond donors (Lipinski definition) is 4. The number of quaternary nitrogens is 2. The maximum atomic E-state index is 12.4. The third-order valence-corrected chi connectivity index (χ3v) is 5.43. The Morgan fingerprint density at radius 3 is 2.07 bits per heavy atom. The summed E-state index contributed by atoms with van der Waals surface area (Å²) in [6.07, 6.45) is 0. The first-order chi connectivity index (χ1) is 13.6. The molecule has 2 aromatic carbocycles. The van der Waals surface area contributed by atoms with E-state index in [1.165, 1.54) is 10.5 Å². The summed E-state index contributed by atoms with van der Waals surface area (Å²) < 4.78 is 0. The fourth-order valence-corrected chi connectivity index (χ4v) is 3.65. The number of hydrogen-bond acceptors (Lipinski definition) is 2. The highest BCUT2D eigenvalue weighted by Gasteiger charge is 2.31. The van der Waals surface area contributed by atoms with Gasteiger partial charge >= 0.3 is 6.03 Å². The number of urea groups is 1. The number of benzene rings is 2. The van der Waals surface area contributed by atoms with Crippen LogP contribution in [0.2, 0.25) is 0 Å². The largest absolute Gasteiger partial charge is 0.334 e. The van der Waals surface area contributed by atoms with E-state index in [0.29, 0.717) is 6.54 Å². The van der Waals surface area contributed by atoms with Crippen LogP contribution in [-0.2, 0) is 17.9 Å². The van der Waals surface area contributed by atoms with Crippen molar-refractivity contribution in [3.8, 4) is 0 Å². The summed E-state index contributed by atoms with van der Waals surface area (Å²) in [6, 6.07) is 19.5. The highest BCUT2D eigenvalue weighted by Crippen LogP contribution is 1.97. The number of nitrogens with one attached hydrogen (secondary N) is 4. The number of carbonyl (C=O) groups excluding carboxylic acids is 2. The van der Waals surface area contributed by atoms with Gasteiger partial charge in [-0.05, 0) is 12.5 Å². The second-order valence-electron chi connectivity index (χ2n) is 7.45. The molecule has 1 aliphatic rings. The van der Waals surface area contributed by atoms with E-state index in [9.17, 15) is 9.59 Å². The van der Waals surface area contributed by atoms with Crippen LogP contribution in [0.15, 0.2) is 60.7 Å². The van der Waals surface area contributed by atoms with Crippen molar-refractivity contribution in [3.63, 3.8) is 0 Å². The molecule has 3 rings (SSSR count). The standard InChI is InChI=1S/C22H28N4O2/c1-18(21(27)24-22(28)23-16-19-8-4-2-5-9-19)26-14-12-25(13-15-26)17-20-10-6-3-7-11-20/h2-11,18H,12-17H2,1H3,(H2,23,24,27,28)/p+2/t18-/m0/s1. The van der Waals surface area contributed by atoms with Crippen LogP contribution >= 0.6 is 0 Å². The lowest BCUT2D eigenvalue weighted by Gasteiger charge is -2.32. The molecule has 28 heavy (non-hydrogen) atoms. The average molecular weight is 383 g/mol. The van der Waals surface area contributed by atoms with Gasteiger partial charge in [0, 0.05) is 12.1 Å². The second kappa shape index (κ2) is 10.0. The number of piperazine rings is 1. The SMILES string of the molecule is C[C@@H](C(=O)NC(=O)NCc1ccccc1)[NH+]1CC[NH+](Cc2ccccc2)CC1. The lowest BCUT2D eigenvalue weighted by molar-refractivity contribution is -1.02. The van der Waals surface area contributed by atoms with Crippen molar-refractivity contribution in [1.82, 2.24) is 10.6 Å². The van der Waals surface area contributed by atoms with Crippen LogP contribution in [0.5, 0.6) is 0 Å². The number of carbonyl (C=O) groups is 2. The van der Waals surface area contributed by atoms with E-state index in [-0.39, 0.29) is 11.9 Å². The Morgan fingerprint density at radius 1 is 0.893 bits per heavy atom. The molecule has 1 heterocycles. The van der Waals surface area contributed by atoms with E-state index in [1.807, 2.05) is 43.3 Å². The van der Waals surface area contributed by atoms with Crippen molar-refractivity contribution in [2.45, 2.75) is 26.1 Å². The molecule has 4 N–H and O–H groups in total. The van der Waals surface area contributed by atoms with Gasteiger partial charge in [-0.2, -0.15) is 0 Å². The summed E-state index contributed by atoms with van der Waals surface area (Å²) in [5.74, 6) is -0.216. The highest BCUT2D eigenvalue weighted by molar-refractivity contribution is 5.96. The molecule has 3 amide bonds. The van der Waals surface area contributed by atoms with Gasteiger partial charge in [0.2, 0.25) is 0 Å². The van der Waals surface area contributed by atoms with E-state index in [1.54, 1.807) is 4.90 Å². The molecule has 0 unspecified atom stereocenters. The molecule has 0 radical (unpaired) electrons. The van der Waals surface area contributed by atoms with Crippen LogP contribution in [0, 0.1) is 0 Å². The minimum atomic E-state index is -0.437. The molecule has 0 spiro atoms. The number of rotatable bonds is 6. The monoisotopic (exact) mass is 382 g/mol. The fraction of sp³-hybridized carbons (Fsp3) is 0.364. The number of imide groups is 1. The van der Waals surface area contributed by atoms with Gasteiger partial charge < -0.3 is 15.1 Å². The van der Waals surface area contributed by atoms with Crippen molar-refractivity contribution in [3.05, 3.63) is 71.8 Å². The van der Waals surface area contributed by atoms with Crippen LogP contribution < -0.4 is 20.4 Å². The molecule has 1 aliphatic heterocycles. The lowest BCUT2D eigenvalue weighted by atomic mass is 10.1. The van der Waals surface area contributed by atoms with Crippen LogP contribution in [0.1, 0.15) is 18.1 Å². The van der Waals surface area contributed by atoms with Crippen molar-refractivity contribution < 1.29 is 19.4 Å². The molecule has 1 atom stereocenters. The fourth-order valence-electron chi connectivity index (χ4n) is 3.65. The van der Waals surface area contributed by atoms with Crippen molar-refractivity contribution >= 4 is 11.9 Å². The van der Waals surface area contributed by atoms with Crippen molar-refractivity contribution in [1.29, 1.82) is 0 Å². The lowest BCUT2D eigenvalue weighted by Crippen LogP contribution is -3.29. The van der Waals surface area contributed by atoms with Gasteiger partial charge in [-0.3, -0.25) is 10.1 Å². The topological polar surface area (TPSA) is 67.1 Å². The van der Waals surface area contributed by atoms with Gasteiger partial charge in [-0.1, -0.05) is 60.7 Å². The van der Waals surface area contributed by atoms with Crippen molar-refractivity contribution in [2.24, 2.45) is 0 Å². The summed E-state index contributed by atoms with van der Waals surface area (Å²) in [5, 5.41) is 5.22. The maximum Gasteiger partial charge on any atom is 0.321 e. The number of amides is 3. The second-order valence-corrected chi connectivity index (χ2v) is 7.45. The Labute approximate surface area is 166 Å². The highest BCUT2D eigenvalue weighted by atomic mass is 16.2. The Morgan fingerprint density at radius 2 is 1.46 bits per heavy atom. The molecule has 148 valence electrons. The van der Waals surface area contributed by atoms with E-state index in [0.717, 1.165) is 38.3 Å². The molecule has 6 nitrogen and oxygen atoms in total. The summed E-state index contributed by atoms with van der Waals surface area (Å²) >= 11 is 0. The van der Waals surface area contributed by atoms with Gasteiger partial charge in [0.05, 0.1) is 0 Å². The smallest absolute Gasteiger partial charge is 0.321 e. The molecule has 1 saturated heterocycles. The van der Waals surface area contributed by atoms with Crippen LogP contribution in [0.4, 0.5) is 4.79 Å². The molecular weight excluding hydrogens is 352 g/mol. The minimum absolute atomic E-state index is 0.216. The van der Waals surface area contributed by atoms with Crippen LogP contribution in [0.25, 0.3) is 0 Å². The van der Waals surface area contributed by atoms with Gasteiger partial charge in [0.25, 0.3) is 5.91 Å². The predicted molar refractivity (Wildman–Crippen MR) is 108 cm³/mol. The quantitative estimate of drug-likeness (QED) is 0.538. The zero-order valence-electron chi connectivity index (χ0n) is 16.4. The Bertz CT molecular complexity index is 759. The first-order valence-corrected chi connectivity index (χ1v) is 9.96. The van der Waals surface area contributed by atoms with E-state index >= 15 is 0 Å². The first-order valence-electron chi connectivity index (χ1n) is 9.96. The third-order valence-electron chi connectivity index (χ3n) is 5.43. The summed E-state index contributed by atoms with van der Waals surface area (Å²) in [5.41, 5.74) is 2.35. The van der Waals surface area contributed by atoms with Gasteiger partial charge in [-0.15, -0.1) is 0 Å². The van der Waals surface area contributed by atoms with Crippen LogP contribution in [-0.4, -0.2) is 44.2 Å². The molecule has 0 saturated carbocycles. The van der Waals surface area contributed by atoms with E-state index < -0.39 is 6.03 Å². The molecule has 6 heteroatoms. The Balaban J connectivity index is 1.39. The van der Waals surface area contributed by atoms with Gasteiger partial charge in [-0.25, -0.2) is 4.79 Å². The molecule has 0 aromatic heterocycles. The molecule has 2 aromatic rings. The molecule has 0 bridgehead atoms. The van der Waals surface area contributed by atoms with Gasteiger partial charge in [0.15, 0.2) is 6.04 Å². The Kier molecular flexibility index (Phi) is 7.17. The predicted octanol–water partition coefficient (Wildman–Crippen LogP) is -0.615. The van der Waals surface area contributed by atoms with E-state index in [4.69, 9.17) is 0 Å². The zero-order valence-corrected chi connectivity index (χ0v) is 16.4. The molecule has 0 aliphatic carbocycles. The third kappa shape index (κ3) is 5.90. The summed E-state index contributed by atoms with van der Waals surface area (Å²) in [6.45, 7) is 7.26. The minimum Gasteiger partial charge on any atom is -0.334 e. The summed E-state index contributed by atoms with van der Waals surface area (Å²) in [7, 11) is 0. The molecular formula is C22H30N4O2+2. The molecule has 1 fully saturated rings. The normalized spacial score (nSPS) is 20.2. The maximum absolute atomic E-state index is 12.4. The average Bonchev–Trinajstić information content (AvgIpc) is 2.74. The van der Waals surface area contributed by atoms with Crippen LogP contribution in [0.3, 0.4) is 0 Å².